The zero-order valence-electron chi connectivity index (χ0n) is 12.7. The van der Waals surface area contributed by atoms with Crippen molar-refractivity contribution in [2.45, 2.75) is 43.9 Å². The molecule has 1 atom stereocenters. The summed E-state index contributed by atoms with van der Waals surface area (Å²) in [7, 11) is -3.43. The molecular weight excluding hydrogens is 282 g/mol. The molecule has 2 rings (SSSR count). The van der Waals surface area contributed by atoms with Gasteiger partial charge >= 0.3 is 0 Å². The third kappa shape index (κ3) is 3.11. The van der Waals surface area contributed by atoms with Gasteiger partial charge in [0.25, 0.3) is 0 Å². The van der Waals surface area contributed by atoms with Gasteiger partial charge in [-0.3, -0.25) is 0 Å². The Bertz CT molecular complexity index is 672. The molecule has 0 radical (unpaired) electrons. The van der Waals surface area contributed by atoms with E-state index in [1.165, 1.54) is 5.56 Å². The number of fused-ring (bicyclic) bond motifs is 1. The number of nitrogens with two attached hydrogens (primary N) is 1. The molecule has 0 fully saturated rings. The SMILES string of the molecule is C/C=C\C(=C/C)S(=O)(=O)c1ccc2c(c1)CCC[C@H]2CN. The van der Waals surface area contributed by atoms with Gasteiger partial charge in [0.05, 0.1) is 9.80 Å². The molecule has 0 aliphatic heterocycles. The van der Waals surface area contributed by atoms with E-state index in [1.54, 1.807) is 31.2 Å². The molecule has 4 heteroatoms. The Morgan fingerprint density at radius 3 is 2.76 bits per heavy atom. The second-order valence-corrected chi connectivity index (χ2v) is 7.33. The molecule has 0 saturated carbocycles. The summed E-state index contributed by atoms with van der Waals surface area (Å²) < 4.78 is 25.3. The monoisotopic (exact) mass is 305 g/mol. The van der Waals surface area contributed by atoms with Crippen molar-refractivity contribution in [2.24, 2.45) is 5.73 Å². The maximum atomic E-state index is 12.6. The quantitative estimate of drug-likeness (QED) is 0.868. The standard InChI is InChI=1S/C17H23NO2S/c1-3-6-15(4-2)21(19,20)16-9-10-17-13(11-16)7-5-8-14(17)12-18/h3-4,6,9-11,14H,5,7-8,12,18H2,1-2H3/b6-3-,15-4+/t14-/m0/s1. The lowest BCUT2D eigenvalue weighted by Crippen LogP contribution is -2.18. The van der Waals surface area contributed by atoms with Crippen LogP contribution in [0.1, 0.15) is 43.7 Å². The summed E-state index contributed by atoms with van der Waals surface area (Å²) in [5, 5.41) is 0. The summed E-state index contributed by atoms with van der Waals surface area (Å²) in [6, 6.07) is 5.50. The molecule has 0 aromatic heterocycles. The summed E-state index contributed by atoms with van der Waals surface area (Å²) in [6.45, 7) is 4.19. The van der Waals surface area contributed by atoms with Gasteiger partial charge in [-0.25, -0.2) is 8.42 Å². The lowest BCUT2D eigenvalue weighted by Gasteiger charge is -2.24. The van der Waals surface area contributed by atoms with Crippen molar-refractivity contribution < 1.29 is 8.42 Å². The number of hydrogen-bond acceptors (Lipinski definition) is 3. The molecule has 1 aliphatic carbocycles. The molecule has 0 spiro atoms. The van der Waals surface area contributed by atoms with Crippen molar-refractivity contribution in [2.75, 3.05) is 6.54 Å². The highest BCUT2D eigenvalue weighted by Crippen LogP contribution is 2.33. The third-order valence-electron chi connectivity index (χ3n) is 4.07. The maximum absolute atomic E-state index is 12.6. The van der Waals surface area contributed by atoms with Crippen LogP contribution in [0, 0.1) is 0 Å². The molecule has 0 heterocycles. The smallest absolute Gasteiger partial charge is 0.206 e. The molecule has 21 heavy (non-hydrogen) atoms. The number of allylic oxidation sites excluding steroid dienone is 3. The highest BCUT2D eigenvalue weighted by Gasteiger charge is 2.23. The minimum absolute atomic E-state index is 0.344. The predicted molar refractivity (Wildman–Crippen MR) is 86.9 cm³/mol. The number of rotatable bonds is 4. The normalized spacial score (nSPS) is 19.8. The molecular formula is C17H23NO2S. The molecule has 2 N–H and O–H groups in total. The fourth-order valence-corrected chi connectivity index (χ4v) is 4.39. The molecule has 0 unspecified atom stereocenters. The van der Waals surface area contributed by atoms with Crippen molar-refractivity contribution in [3.05, 3.63) is 52.5 Å². The Labute approximate surface area is 127 Å². The van der Waals surface area contributed by atoms with Crippen LogP contribution in [0.25, 0.3) is 0 Å². The first-order chi connectivity index (χ1) is 10.0. The van der Waals surface area contributed by atoms with Gasteiger partial charge < -0.3 is 5.73 Å². The molecule has 0 bridgehead atoms. The molecule has 3 nitrogen and oxygen atoms in total. The van der Waals surface area contributed by atoms with Crippen LogP contribution in [0.15, 0.2) is 46.2 Å². The van der Waals surface area contributed by atoms with Crippen molar-refractivity contribution in [1.29, 1.82) is 0 Å². The fourth-order valence-electron chi connectivity index (χ4n) is 2.94. The number of aryl methyl sites for hydroxylation is 1. The second kappa shape index (κ2) is 6.58. The third-order valence-corrected chi connectivity index (χ3v) is 5.94. The van der Waals surface area contributed by atoms with E-state index in [4.69, 9.17) is 5.73 Å². The minimum Gasteiger partial charge on any atom is -0.330 e. The van der Waals surface area contributed by atoms with Crippen LogP contribution >= 0.6 is 0 Å². The molecule has 0 amide bonds. The topological polar surface area (TPSA) is 60.2 Å². The van der Waals surface area contributed by atoms with E-state index in [2.05, 4.69) is 0 Å². The van der Waals surface area contributed by atoms with Gasteiger partial charge in [-0.1, -0.05) is 18.2 Å². The molecule has 1 aliphatic rings. The second-order valence-electron chi connectivity index (χ2n) is 5.38. The summed E-state index contributed by atoms with van der Waals surface area (Å²) in [6.07, 6.45) is 8.12. The van der Waals surface area contributed by atoms with Gasteiger partial charge in [-0.05, 0) is 74.9 Å². The van der Waals surface area contributed by atoms with E-state index in [0.717, 1.165) is 24.8 Å². The van der Waals surface area contributed by atoms with Crippen LogP contribution in [0.5, 0.6) is 0 Å². The number of sulfone groups is 1. The molecule has 1 aromatic carbocycles. The highest BCUT2D eigenvalue weighted by atomic mass is 32.2. The van der Waals surface area contributed by atoms with Crippen LogP contribution in [0.3, 0.4) is 0 Å². The average Bonchev–Trinajstić information content (AvgIpc) is 2.51. The average molecular weight is 305 g/mol. The van der Waals surface area contributed by atoms with E-state index in [0.29, 0.717) is 22.3 Å². The van der Waals surface area contributed by atoms with Crippen molar-refractivity contribution in [3.8, 4) is 0 Å². The van der Waals surface area contributed by atoms with E-state index in [-0.39, 0.29) is 0 Å². The van der Waals surface area contributed by atoms with E-state index in [9.17, 15) is 8.42 Å². The van der Waals surface area contributed by atoms with E-state index < -0.39 is 9.84 Å². The van der Waals surface area contributed by atoms with E-state index >= 15 is 0 Å². The van der Waals surface area contributed by atoms with Gasteiger partial charge in [-0.15, -0.1) is 0 Å². The first-order valence-electron chi connectivity index (χ1n) is 7.41. The maximum Gasteiger partial charge on any atom is 0.206 e. The lowest BCUT2D eigenvalue weighted by atomic mass is 9.83. The Morgan fingerprint density at radius 1 is 1.38 bits per heavy atom. The number of benzene rings is 1. The van der Waals surface area contributed by atoms with Crippen molar-refractivity contribution >= 4 is 9.84 Å². The summed E-state index contributed by atoms with van der Waals surface area (Å²) in [5.41, 5.74) is 8.17. The first kappa shape index (κ1) is 16.0. The van der Waals surface area contributed by atoms with Crippen LogP contribution in [0.2, 0.25) is 0 Å². The van der Waals surface area contributed by atoms with Gasteiger partial charge in [0.15, 0.2) is 0 Å². The molecule has 1 aromatic rings. The number of hydrogen-bond donors (Lipinski definition) is 1. The Kier molecular flexibility index (Phi) is 5.01. The zero-order valence-corrected chi connectivity index (χ0v) is 13.5. The predicted octanol–water partition coefficient (Wildman–Crippen LogP) is 3.32. The zero-order chi connectivity index (χ0) is 15.5. The van der Waals surface area contributed by atoms with Crippen LogP contribution in [-0.4, -0.2) is 15.0 Å². The first-order valence-corrected chi connectivity index (χ1v) is 8.90. The molecule has 0 saturated heterocycles. The van der Waals surface area contributed by atoms with E-state index in [1.807, 2.05) is 19.1 Å². The van der Waals surface area contributed by atoms with Gasteiger partial charge in [-0.2, -0.15) is 0 Å². The highest BCUT2D eigenvalue weighted by molar-refractivity contribution is 7.95. The van der Waals surface area contributed by atoms with Gasteiger partial charge in [0.2, 0.25) is 9.84 Å². The summed E-state index contributed by atoms with van der Waals surface area (Å²) in [5.74, 6) is 0.363. The van der Waals surface area contributed by atoms with Crippen LogP contribution in [-0.2, 0) is 16.3 Å². The Balaban J connectivity index is 2.47. The minimum atomic E-state index is -3.43. The Morgan fingerprint density at radius 2 is 2.14 bits per heavy atom. The van der Waals surface area contributed by atoms with Crippen molar-refractivity contribution in [1.82, 2.24) is 0 Å². The summed E-state index contributed by atoms with van der Waals surface area (Å²) >= 11 is 0. The Hall–Kier alpha value is -1.39. The van der Waals surface area contributed by atoms with Crippen LogP contribution in [0.4, 0.5) is 0 Å². The summed E-state index contributed by atoms with van der Waals surface area (Å²) in [4.78, 5) is 0.723. The fraction of sp³-hybridized carbons (Fsp3) is 0.412. The van der Waals surface area contributed by atoms with Gasteiger partial charge in [0.1, 0.15) is 0 Å². The largest absolute Gasteiger partial charge is 0.330 e. The lowest BCUT2D eigenvalue weighted by molar-refractivity contribution is 0.558. The van der Waals surface area contributed by atoms with Crippen molar-refractivity contribution in [3.63, 3.8) is 0 Å². The van der Waals surface area contributed by atoms with Gasteiger partial charge in [0, 0.05) is 0 Å². The van der Waals surface area contributed by atoms with Crippen LogP contribution < -0.4 is 5.73 Å². The molecule has 114 valence electrons.